The van der Waals surface area contributed by atoms with E-state index in [1.807, 2.05) is 22.7 Å². The minimum Gasteiger partial charge on any atom is -0.308 e. The van der Waals surface area contributed by atoms with Crippen LogP contribution >= 0.6 is 22.7 Å². The lowest BCUT2D eigenvalue weighted by Crippen LogP contribution is -1.93. The smallest absolute Gasteiger partial charge is 0.0734 e. The van der Waals surface area contributed by atoms with Crippen LogP contribution in [0.25, 0.3) is 90.1 Å². The molecule has 0 aliphatic heterocycles. The summed E-state index contributed by atoms with van der Waals surface area (Å²) < 4.78 is 7.79. The van der Waals surface area contributed by atoms with E-state index in [0.717, 1.165) is 0 Å². The molecule has 0 radical (unpaired) electrons. The summed E-state index contributed by atoms with van der Waals surface area (Å²) >= 11 is 3.79. The van der Waals surface area contributed by atoms with Gasteiger partial charge >= 0.3 is 0 Å². The number of para-hydroxylation sites is 2. The normalized spacial score (nSPS) is 12.0. The first-order valence-electron chi connectivity index (χ1n) is 15.3. The third kappa shape index (κ3) is 3.72. The van der Waals surface area contributed by atoms with Gasteiger partial charge in [0.1, 0.15) is 0 Å². The van der Waals surface area contributed by atoms with Crippen molar-refractivity contribution in [1.82, 2.24) is 4.57 Å². The second kappa shape index (κ2) is 9.64. The van der Waals surface area contributed by atoms with Gasteiger partial charge in [0.2, 0.25) is 0 Å². The molecule has 0 aliphatic rings. The molecule has 0 amide bonds. The van der Waals surface area contributed by atoms with Crippen molar-refractivity contribution in [3.63, 3.8) is 0 Å². The Kier molecular flexibility index (Phi) is 5.39. The number of fused-ring (bicyclic) bond motifs is 10. The van der Waals surface area contributed by atoms with Crippen molar-refractivity contribution >= 4 is 84.8 Å². The zero-order valence-corrected chi connectivity index (χ0v) is 25.8. The summed E-state index contributed by atoms with van der Waals surface area (Å²) in [5.74, 6) is 0. The van der Waals surface area contributed by atoms with E-state index in [1.54, 1.807) is 0 Å². The second-order valence-corrected chi connectivity index (χ2v) is 13.8. The molecule has 0 atom stereocenters. The van der Waals surface area contributed by atoms with Gasteiger partial charge in [-0.15, -0.1) is 22.7 Å². The molecule has 0 unspecified atom stereocenters. The number of rotatable bonds is 3. The molecule has 10 aromatic rings. The highest BCUT2D eigenvalue weighted by atomic mass is 32.1. The lowest BCUT2D eigenvalue weighted by Gasteiger charge is -2.11. The molecule has 45 heavy (non-hydrogen) atoms. The maximum absolute atomic E-state index is 2.45. The fourth-order valence-electron chi connectivity index (χ4n) is 7.19. The fourth-order valence-corrected chi connectivity index (χ4v) is 9.60. The quantitative estimate of drug-likeness (QED) is 0.188. The molecule has 3 heterocycles. The molecule has 10 rings (SSSR count). The maximum Gasteiger partial charge on any atom is 0.0734 e. The van der Waals surface area contributed by atoms with Crippen molar-refractivity contribution in [3.05, 3.63) is 152 Å². The van der Waals surface area contributed by atoms with Crippen LogP contribution in [0.2, 0.25) is 0 Å². The monoisotopic (exact) mass is 607 g/mol. The first-order valence-corrected chi connectivity index (χ1v) is 16.9. The van der Waals surface area contributed by atoms with E-state index in [2.05, 4.69) is 156 Å². The molecule has 0 aliphatic carbocycles. The van der Waals surface area contributed by atoms with E-state index in [9.17, 15) is 0 Å². The average molecular weight is 608 g/mol. The maximum atomic E-state index is 2.45. The number of aromatic nitrogens is 1. The van der Waals surface area contributed by atoms with Gasteiger partial charge in [-0.25, -0.2) is 0 Å². The molecule has 3 heteroatoms. The zero-order chi connectivity index (χ0) is 29.5. The fraction of sp³-hybridized carbons (Fsp3) is 0. The van der Waals surface area contributed by atoms with Crippen LogP contribution in [0.3, 0.4) is 0 Å². The molecule has 0 bridgehead atoms. The van der Waals surface area contributed by atoms with E-state index in [0.29, 0.717) is 0 Å². The third-order valence-electron chi connectivity index (χ3n) is 9.19. The van der Waals surface area contributed by atoms with E-state index in [-0.39, 0.29) is 0 Å². The van der Waals surface area contributed by atoms with Gasteiger partial charge in [0.25, 0.3) is 0 Å². The highest BCUT2D eigenvalue weighted by Crippen LogP contribution is 2.46. The largest absolute Gasteiger partial charge is 0.308 e. The molecule has 0 spiro atoms. The molecular weight excluding hydrogens is 583 g/mol. The van der Waals surface area contributed by atoms with Crippen LogP contribution in [0, 0.1) is 0 Å². The van der Waals surface area contributed by atoms with Gasteiger partial charge in [-0.3, -0.25) is 0 Å². The Hall–Kier alpha value is -5.22. The van der Waals surface area contributed by atoms with Crippen LogP contribution in [-0.2, 0) is 0 Å². The summed E-state index contributed by atoms with van der Waals surface area (Å²) in [6.07, 6.45) is 0. The summed E-state index contributed by atoms with van der Waals surface area (Å²) in [6, 6.07) is 55.7. The van der Waals surface area contributed by atoms with Crippen molar-refractivity contribution in [2.75, 3.05) is 0 Å². The Morgan fingerprint density at radius 1 is 0.422 bits per heavy atom. The number of benzene rings is 7. The van der Waals surface area contributed by atoms with Gasteiger partial charge in [0.05, 0.1) is 15.7 Å². The summed E-state index contributed by atoms with van der Waals surface area (Å²) in [4.78, 5) is 0. The van der Waals surface area contributed by atoms with Crippen LogP contribution < -0.4 is 0 Å². The number of nitrogens with zero attached hydrogens (tertiary/aromatic N) is 1. The lowest BCUT2D eigenvalue weighted by molar-refractivity contribution is 1.19. The Balaban J connectivity index is 1.18. The van der Waals surface area contributed by atoms with Crippen molar-refractivity contribution in [3.8, 4) is 27.9 Å². The minimum absolute atomic E-state index is 1.19. The predicted molar refractivity (Wildman–Crippen MR) is 197 cm³/mol. The van der Waals surface area contributed by atoms with Crippen LogP contribution in [0.1, 0.15) is 0 Å². The molecule has 210 valence electrons. The van der Waals surface area contributed by atoms with E-state index >= 15 is 0 Å². The Labute approximate surface area is 267 Å². The highest BCUT2D eigenvalue weighted by molar-refractivity contribution is 7.27. The lowest BCUT2D eigenvalue weighted by atomic mass is 9.96. The SMILES string of the molecule is c1ccc(-n2c3ccccc3c3sc4cccc(-c5cccc(-c6ccc7c(c6)sc6ccc8ccccc8c67)c5)c4c32)cc1. The molecule has 7 aromatic carbocycles. The summed E-state index contributed by atoms with van der Waals surface area (Å²) in [5.41, 5.74) is 8.74. The topological polar surface area (TPSA) is 4.93 Å². The molecular formula is C42H25NS2. The molecule has 0 N–H and O–H groups in total. The number of hydrogen-bond acceptors (Lipinski definition) is 2. The second-order valence-electron chi connectivity index (χ2n) is 11.7. The van der Waals surface area contributed by atoms with Crippen LogP contribution in [-0.4, -0.2) is 4.57 Å². The summed E-state index contributed by atoms with van der Waals surface area (Å²) in [7, 11) is 0. The predicted octanol–water partition coefficient (Wildman–Crippen LogP) is 12.9. The van der Waals surface area contributed by atoms with Gasteiger partial charge in [0, 0.05) is 41.3 Å². The molecule has 0 saturated carbocycles. The molecule has 0 fully saturated rings. The van der Waals surface area contributed by atoms with Crippen LogP contribution in [0.4, 0.5) is 0 Å². The Bertz CT molecular complexity index is 2760. The van der Waals surface area contributed by atoms with Gasteiger partial charge in [-0.1, -0.05) is 109 Å². The van der Waals surface area contributed by atoms with E-state index in [4.69, 9.17) is 0 Å². The van der Waals surface area contributed by atoms with Crippen LogP contribution in [0.5, 0.6) is 0 Å². The van der Waals surface area contributed by atoms with E-state index < -0.39 is 0 Å². The first-order chi connectivity index (χ1) is 22.3. The highest BCUT2D eigenvalue weighted by Gasteiger charge is 2.20. The molecule has 3 aromatic heterocycles. The van der Waals surface area contributed by atoms with E-state index in [1.165, 1.54) is 90.1 Å². The van der Waals surface area contributed by atoms with Gasteiger partial charge in [-0.05, 0) is 75.5 Å². The number of hydrogen-bond donors (Lipinski definition) is 0. The van der Waals surface area contributed by atoms with Crippen molar-refractivity contribution in [1.29, 1.82) is 0 Å². The van der Waals surface area contributed by atoms with Crippen LogP contribution in [0.15, 0.2) is 152 Å². The van der Waals surface area contributed by atoms with Crippen molar-refractivity contribution in [2.45, 2.75) is 0 Å². The Morgan fingerprint density at radius 3 is 2.11 bits per heavy atom. The van der Waals surface area contributed by atoms with Gasteiger partial charge in [-0.2, -0.15) is 0 Å². The Morgan fingerprint density at radius 2 is 1.18 bits per heavy atom. The van der Waals surface area contributed by atoms with Crippen molar-refractivity contribution in [2.24, 2.45) is 0 Å². The first kappa shape index (κ1) is 25.1. The molecule has 1 nitrogen and oxygen atoms in total. The zero-order valence-electron chi connectivity index (χ0n) is 24.2. The minimum atomic E-state index is 1.19. The average Bonchev–Trinajstić information content (AvgIpc) is 3.77. The molecule has 0 saturated heterocycles. The number of thiophene rings is 2. The van der Waals surface area contributed by atoms with Crippen molar-refractivity contribution < 1.29 is 0 Å². The van der Waals surface area contributed by atoms with Gasteiger partial charge in [0.15, 0.2) is 0 Å². The third-order valence-corrected chi connectivity index (χ3v) is 11.5. The standard InChI is InChI=1S/C42H25NS2/c1-2-13-30(14-3-1)43-35-18-7-6-16-33(35)42-41(43)40-32(17-9-19-36(40)45-42)29-12-8-11-27(24-29)28-20-22-34-38(25-28)44-37-23-21-26-10-4-5-15-31(26)39(34)37/h1-25H. The summed E-state index contributed by atoms with van der Waals surface area (Å²) in [5, 5.41) is 7.97. The summed E-state index contributed by atoms with van der Waals surface area (Å²) in [6.45, 7) is 0. The van der Waals surface area contributed by atoms with Gasteiger partial charge < -0.3 is 4.57 Å².